The number of hydrogen-bond donors (Lipinski definition) is 1. The molecule has 2 rings (SSSR count). The largest absolute Gasteiger partial charge is 0.489 e. The molecule has 14 heavy (non-hydrogen) atoms. The molecule has 0 spiro atoms. The number of ether oxygens (including phenoxy) is 2. The number of carbonyl (C=O) groups excluding carboxylic acids is 1. The Morgan fingerprint density at radius 2 is 2.43 bits per heavy atom. The summed E-state index contributed by atoms with van der Waals surface area (Å²) in [5.74, 6) is 0.586. The summed E-state index contributed by atoms with van der Waals surface area (Å²) in [6.07, 6.45) is 3.69. The second kappa shape index (κ2) is 3.36. The zero-order valence-electron chi connectivity index (χ0n) is 8.24. The van der Waals surface area contributed by atoms with Crippen molar-refractivity contribution in [1.82, 2.24) is 5.32 Å². The molecule has 2 aliphatic heterocycles. The molecule has 0 unspecified atom stereocenters. The normalized spacial score (nSPS) is 28.4. The summed E-state index contributed by atoms with van der Waals surface area (Å²) in [7, 11) is 0. The highest BCUT2D eigenvalue weighted by molar-refractivity contribution is 5.88. The predicted molar refractivity (Wildman–Crippen MR) is 50.3 cm³/mol. The first kappa shape index (κ1) is 9.12. The van der Waals surface area contributed by atoms with Crippen molar-refractivity contribution < 1.29 is 14.3 Å². The van der Waals surface area contributed by atoms with Gasteiger partial charge in [0.15, 0.2) is 0 Å². The smallest absolute Gasteiger partial charge is 0.354 e. The average molecular weight is 195 g/mol. The Balaban J connectivity index is 2.01. The molecular weight excluding hydrogens is 182 g/mol. The fourth-order valence-corrected chi connectivity index (χ4v) is 1.66. The fourth-order valence-electron chi connectivity index (χ4n) is 1.66. The molecule has 2 heterocycles. The highest BCUT2D eigenvalue weighted by Crippen LogP contribution is 2.24. The lowest BCUT2D eigenvalue weighted by molar-refractivity contribution is -0.138. The van der Waals surface area contributed by atoms with E-state index in [9.17, 15) is 4.79 Å². The van der Waals surface area contributed by atoms with E-state index in [1.54, 1.807) is 13.0 Å². The SMILES string of the molecule is CCOC(=O)C1=C[C@H]2OC(C)=C[C@@H]2N1. The molecule has 76 valence electrons. The first-order valence-corrected chi connectivity index (χ1v) is 4.71. The van der Waals surface area contributed by atoms with Crippen molar-refractivity contribution in [3.8, 4) is 0 Å². The molecule has 4 nitrogen and oxygen atoms in total. The van der Waals surface area contributed by atoms with Crippen LogP contribution in [0.3, 0.4) is 0 Å². The highest BCUT2D eigenvalue weighted by Gasteiger charge is 2.34. The van der Waals surface area contributed by atoms with E-state index in [0.717, 1.165) is 5.76 Å². The van der Waals surface area contributed by atoms with Gasteiger partial charge in [-0.1, -0.05) is 0 Å². The summed E-state index contributed by atoms with van der Waals surface area (Å²) in [6, 6.07) is 0.0920. The summed E-state index contributed by atoms with van der Waals surface area (Å²) in [6.45, 7) is 4.08. The molecule has 0 amide bonds. The Labute approximate surface area is 82.6 Å². The summed E-state index contributed by atoms with van der Waals surface area (Å²) >= 11 is 0. The van der Waals surface area contributed by atoms with Crippen LogP contribution in [0.15, 0.2) is 23.6 Å². The van der Waals surface area contributed by atoms with Gasteiger partial charge in [-0.15, -0.1) is 0 Å². The Morgan fingerprint density at radius 3 is 3.07 bits per heavy atom. The third-order valence-corrected chi connectivity index (χ3v) is 2.24. The summed E-state index contributed by atoms with van der Waals surface area (Å²) < 4.78 is 10.3. The van der Waals surface area contributed by atoms with Gasteiger partial charge in [-0.25, -0.2) is 4.79 Å². The second-order valence-corrected chi connectivity index (χ2v) is 3.33. The van der Waals surface area contributed by atoms with Gasteiger partial charge >= 0.3 is 5.97 Å². The number of nitrogens with one attached hydrogen (secondary N) is 1. The lowest BCUT2D eigenvalue weighted by Gasteiger charge is -2.08. The van der Waals surface area contributed by atoms with E-state index in [1.807, 2.05) is 13.0 Å². The molecule has 0 saturated heterocycles. The van der Waals surface area contributed by atoms with Crippen molar-refractivity contribution in [3.63, 3.8) is 0 Å². The van der Waals surface area contributed by atoms with Crippen LogP contribution in [0.4, 0.5) is 0 Å². The van der Waals surface area contributed by atoms with Gasteiger partial charge in [-0.05, 0) is 26.0 Å². The number of allylic oxidation sites excluding steroid dienone is 1. The molecule has 0 bridgehead atoms. The number of esters is 1. The molecule has 0 aromatic carbocycles. The van der Waals surface area contributed by atoms with Crippen LogP contribution >= 0.6 is 0 Å². The van der Waals surface area contributed by atoms with Gasteiger partial charge in [-0.2, -0.15) is 0 Å². The molecule has 0 radical (unpaired) electrons. The topological polar surface area (TPSA) is 47.6 Å². The third kappa shape index (κ3) is 1.47. The summed E-state index contributed by atoms with van der Waals surface area (Å²) in [4.78, 5) is 11.3. The molecule has 1 N–H and O–H groups in total. The maximum absolute atomic E-state index is 11.3. The van der Waals surface area contributed by atoms with Gasteiger partial charge in [0.2, 0.25) is 0 Å². The van der Waals surface area contributed by atoms with Crippen LogP contribution < -0.4 is 5.32 Å². The molecular formula is C10H13NO3. The minimum absolute atomic E-state index is 0.0468. The van der Waals surface area contributed by atoms with Crippen LogP contribution in [0.1, 0.15) is 13.8 Å². The zero-order chi connectivity index (χ0) is 10.1. The van der Waals surface area contributed by atoms with Crippen molar-refractivity contribution in [2.24, 2.45) is 0 Å². The van der Waals surface area contributed by atoms with Crippen molar-refractivity contribution in [1.29, 1.82) is 0 Å². The van der Waals surface area contributed by atoms with Crippen molar-refractivity contribution in [2.75, 3.05) is 6.61 Å². The second-order valence-electron chi connectivity index (χ2n) is 3.33. The van der Waals surface area contributed by atoms with Gasteiger partial charge in [0.25, 0.3) is 0 Å². The van der Waals surface area contributed by atoms with Crippen LogP contribution in [-0.4, -0.2) is 24.7 Å². The maximum atomic E-state index is 11.3. The van der Waals surface area contributed by atoms with Crippen LogP contribution in [0.5, 0.6) is 0 Å². The monoisotopic (exact) mass is 195 g/mol. The van der Waals surface area contributed by atoms with Crippen LogP contribution in [0.2, 0.25) is 0 Å². The van der Waals surface area contributed by atoms with Crippen molar-refractivity contribution in [3.05, 3.63) is 23.6 Å². The molecule has 0 aromatic heterocycles. The van der Waals surface area contributed by atoms with Crippen LogP contribution in [0.25, 0.3) is 0 Å². The number of fused-ring (bicyclic) bond motifs is 1. The van der Waals surface area contributed by atoms with Crippen molar-refractivity contribution >= 4 is 5.97 Å². The number of hydrogen-bond acceptors (Lipinski definition) is 4. The molecule has 0 saturated carbocycles. The van der Waals surface area contributed by atoms with Gasteiger partial charge < -0.3 is 14.8 Å². The molecule has 2 aliphatic rings. The van der Waals surface area contributed by atoms with Gasteiger partial charge in [0.05, 0.1) is 18.4 Å². The number of rotatable bonds is 2. The first-order chi connectivity index (χ1) is 6.70. The molecule has 0 aromatic rings. The van der Waals surface area contributed by atoms with Gasteiger partial charge in [-0.3, -0.25) is 0 Å². The zero-order valence-corrected chi connectivity index (χ0v) is 8.24. The van der Waals surface area contributed by atoms with E-state index in [0.29, 0.717) is 12.3 Å². The van der Waals surface area contributed by atoms with E-state index < -0.39 is 0 Å². The van der Waals surface area contributed by atoms with Crippen LogP contribution in [0, 0.1) is 0 Å². The van der Waals surface area contributed by atoms with E-state index in [2.05, 4.69) is 5.32 Å². The van der Waals surface area contributed by atoms with Crippen molar-refractivity contribution in [2.45, 2.75) is 26.0 Å². The lowest BCUT2D eigenvalue weighted by atomic mass is 10.2. The standard InChI is InChI=1S/C10H13NO3/c1-3-13-10(12)8-5-9-7(11-8)4-6(2)14-9/h4-5,7,9,11H,3H2,1-2H3/t7-,9+/m0/s1. The Morgan fingerprint density at radius 1 is 1.64 bits per heavy atom. The summed E-state index contributed by atoms with van der Waals surface area (Å²) in [5.41, 5.74) is 0.505. The Kier molecular flexibility index (Phi) is 2.19. The minimum Gasteiger partial charge on any atom is -0.489 e. The van der Waals surface area contributed by atoms with Gasteiger partial charge in [0.1, 0.15) is 11.8 Å². The van der Waals surface area contributed by atoms with Crippen LogP contribution in [-0.2, 0) is 14.3 Å². The molecule has 2 atom stereocenters. The molecule has 0 aliphatic carbocycles. The Hall–Kier alpha value is -1.45. The fraction of sp³-hybridized carbons (Fsp3) is 0.500. The van der Waals surface area contributed by atoms with Gasteiger partial charge in [0, 0.05) is 0 Å². The van der Waals surface area contributed by atoms with E-state index in [4.69, 9.17) is 9.47 Å². The minimum atomic E-state index is -0.309. The van der Waals surface area contributed by atoms with E-state index in [1.165, 1.54) is 0 Å². The Bertz CT molecular complexity index is 319. The third-order valence-electron chi connectivity index (χ3n) is 2.24. The van der Waals surface area contributed by atoms with E-state index >= 15 is 0 Å². The number of carbonyl (C=O) groups is 1. The average Bonchev–Trinajstić information content (AvgIpc) is 2.61. The predicted octanol–water partition coefficient (Wildman–Crippen LogP) is 0.708. The lowest BCUT2D eigenvalue weighted by Crippen LogP contribution is -2.29. The molecule has 0 fully saturated rings. The first-order valence-electron chi connectivity index (χ1n) is 4.71. The molecule has 4 heteroatoms. The summed E-state index contributed by atoms with van der Waals surface area (Å²) in [5, 5.41) is 3.05. The van der Waals surface area contributed by atoms with E-state index in [-0.39, 0.29) is 18.1 Å². The highest BCUT2D eigenvalue weighted by atomic mass is 16.5. The quantitative estimate of drug-likeness (QED) is 0.659. The maximum Gasteiger partial charge on any atom is 0.354 e.